The quantitative estimate of drug-likeness (QED) is 0.383. The van der Waals surface area contributed by atoms with Crippen molar-refractivity contribution in [2.75, 3.05) is 4.90 Å². The lowest BCUT2D eigenvalue weighted by Crippen LogP contribution is -2.09. The van der Waals surface area contributed by atoms with E-state index in [1.54, 1.807) is 13.1 Å². The summed E-state index contributed by atoms with van der Waals surface area (Å²) in [5.41, 5.74) is 5.76. The molecule has 0 saturated heterocycles. The van der Waals surface area contributed by atoms with Crippen LogP contribution in [0.2, 0.25) is 0 Å². The number of nitrogens with zero attached hydrogens (tertiary/aromatic N) is 2. The summed E-state index contributed by atoms with van der Waals surface area (Å²) in [5, 5.41) is 0. The number of Topliss-reactive ketones (excluding diaryl/α,β-unsaturated/α-hetero) is 1. The molecule has 0 saturated carbocycles. The van der Waals surface area contributed by atoms with Gasteiger partial charge in [0.05, 0.1) is 5.69 Å². The summed E-state index contributed by atoms with van der Waals surface area (Å²) in [5.74, 6) is 0.0239. The second kappa shape index (κ2) is 7.89. The normalized spacial score (nSPS) is 10.5. The summed E-state index contributed by atoms with van der Waals surface area (Å²) in [6, 6.07) is 32.6. The monoisotopic (exact) mass is 364 g/mol. The van der Waals surface area contributed by atoms with Gasteiger partial charge in [-0.15, -0.1) is 0 Å². The largest absolute Gasteiger partial charge is 0.311 e. The van der Waals surface area contributed by atoms with Crippen molar-refractivity contribution in [3.8, 4) is 11.3 Å². The number of aromatic nitrogens is 1. The van der Waals surface area contributed by atoms with Gasteiger partial charge in [0.2, 0.25) is 0 Å². The molecule has 0 aliphatic heterocycles. The molecule has 0 fully saturated rings. The molecule has 0 atom stereocenters. The number of rotatable bonds is 5. The van der Waals surface area contributed by atoms with Crippen LogP contribution in [0, 0.1) is 0 Å². The van der Waals surface area contributed by atoms with E-state index in [1.807, 2.05) is 48.5 Å². The molecule has 0 amide bonds. The number of ketones is 1. The minimum absolute atomic E-state index is 0.0239. The first kappa shape index (κ1) is 17.7. The Balaban J connectivity index is 1.69. The first-order valence-corrected chi connectivity index (χ1v) is 9.20. The number of pyridine rings is 1. The fourth-order valence-electron chi connectivity index (χ4n) is 3.16. The maximum Gasteiger partial charge on any atom is 0.161 e. The molecule has 0 N–H and O–H groups in total. The van der Waals surface area contributed by atoms with Crippen LogP contribution in [-0.4, -0.2) is 10.8 Å². The van der Waals surface area contributed by atoms with Crippen molar-refractivity contribution >= 4 is 22.8 Å². The van der Waals surface area contributed by atoms with Crippen LogP contribution in [0.5, 0.6) is 0 Å². The van der Waals surface area contributed by atoms with Gasteiger partial charge in [0.1, 0.15) is 0 Å². The number of carbonyl (C=O) groups is 1. The van der Waals surface area contributed by atoms with Crippen LogP contribution in [0.3, 0.4) is 0 Å². The highest BCUT2D eigenvalue weighted by Crippen LogP contribution is 2.34. The highest BCUT2D eigenvalue weighted by Gasteiger charge is 2.12. The third-order valence-corrected chi connectivity index (χ3v) is 4.62. The van der Waals surface area contributed by atoms with Crippen LogP contribution in [-0.2, 0) is 0 Å². The van der Waals surface area contributed by atoms with Gasteiger partial charge in [-0.05, 0) is 55.5 Å². The van der Waals surface area contributed by atoms with Crippen molar-refractivity contribution in [2.24, 2.45) is 0 Å². The zero-order valence-electron chi connectivity index (χ0n) is 15.6. The maximum absolute atomic E-state index is 11.4. The highest BCUT2D eigenvalue weighted by molar-refractivity contribution is 5.94. The first-order valence-electron chi connectivity index (χ1n) is 9.20. The molecule has 4 aromatic rings. The predicted octanol–water partition coefficient (Wildman–Crippen LogP) is 6.42. The van der Waals surface area contributed by atoms with Gasteiger partial charge in [-0.25, -0.2) is 0 Å². The molecule has 3 nitrogen and oxygen atoms in total. The molecule has 136 valence electrons. The molecule has 0 bridgehead atoms. The van der Waals surface area contributed by atoms with E-state index in [2.05, 4.69) is 58.4 Å². The van der Waals surface area contributed by atoms with E-state index in [9.17, 15) is 4.79 Å². The molecule has 1 heterocycles. The third-order valence-electron chi connectivity index (χ3n) is 4.62. The zero-order valence-corrected chi connectivity index (χ0v) is 15.6. The van der Waals surface area contributed by atoms with Crippen molar-refractivity contribution in [1.82, 2.24) is 4.98 Å². The summed E-state index contributed by atoms with van der Waals surface area (Å²) in [6.45, 7) is 1.55. The van der Waals surface area contributed by atoms with Gasteiger partial charge < -0.3 is 4.90 Å². The van der Waals surface area contributed by atoms with Gasteiger partial charge in [0.25, 0.3) is 0 Å². The third kappa shape index (κ3) is 3.69. The first-order chi connectivity index (χ1) is 13.7. The van der Waals surface area contributed by atoms with E-state index in [-0.39, 0.29) is 5.78 Å². The van der Waals surface area contributed by atoms with Gasteiger partial charge in [-0.1, -0.05) is 48.5 Å². The van der Waals surface area contributed by atoms with Gasteiger partial charge >= 0.3 is 0 Å². The van der Waals surface area contributed by atoms with E-state index in [1.165, 1.54) is 0 Å². The smallest absolute Gasteiger partial charge is 0.161 e. The standard InChI is InChI=1S/C25H20N2O/c1-19(28)21-14-17-25(26-18-21)20-12-15-24(16-13-20)27(22-8-4-2-5-9-22)23-10-6-3-7-11-23/h2-18H,1H3. The van der Waals surface area contributed by atoms with Gasteiger partial charge in [0, 0.05) is 34.4 Å². The molecule has 0 aliphatic rings. The summed E-state index contributed by atoms with van der Waals surface area (Å²) < 4.78 is 0. The molecule has 28 heavy (non-hydrogen) atoms. The average molecular weight is 364 g/mol. The van der Waals surface area contributed by atoms with E-state index in [4.69, 9.17) is 0 Å². The molecule has 0 unspecified atom stereocenters. The van der Waals surface area contributed by atoms with Gasteiger partial charge in [-0.3, -0.25) is 9.78 Å². The Morgan fingerprint density at radius 1 is 0.679 bits per heavy atom. The number of para-hydroxylation sites is 2. The topological polar surface area (TPSA) is 33.2 Å². The number of benzene rings is 3. The molecule has 3 heteroatoms. The van der Waals surface area contributed by atoms with Gasteiger partial charge in [-0.2, -0.15) is 0 Å². The fourth-order valence-corrected chi connectivity index (χ4v) is 3.16. The van der Waals surface area contributed by atoms with Gasteiger partial charge in [0.15, 0.2) is 5.78 Å². The number of hydrogen-bond donors (Lipinski definition) is 0. The fraction of sp³-hybridized carbons (Fsp3) is 0.0400. The molecule has 4 rings (SSSR count). The second-order valence-electron chi connectivity index (χ2n) is 6.54. The Kier molecular flexibility index (Phi) is 4.98. The van der Waals surface area contributed by atoms with E-state index in [0.717, 1.165) is 28.3 Å². The molecule has 0 radical (unpaired) electrons. The lowest BCUT2D eigenvalue weighted by Gasteiger charge is -2.25. The van der Waals surface area contributed by atoms with Crippen molar-refractivity contribution in [1.29, 1.82) is 0 Å². The van der Waals surface area contributed by atoms with Crippen LogP contribution < -0.4 is 4.90 Å². The predicted molar refractivity (Wildman–Crippen MR) is 114 cm³/mol. The molecular weight excluding hydrogens is 344 g/mol. The van der Waals surface area contributed by atoms with Crippen molar-refractivity contribution in [2.45, 2.75) is 6.92 Å². The maximum atomic E-state index is 11.4. The zero-order chi connectivity index (χ0) is 19.3. The Bertz CT molecular complexity index is 1020. The lowest BCUT2D eigenvalue weighted by molar-refractivity contribution is 0.101. The highest BCUT2D eigenvalue weighted by atomic mass is 16.1. The molecule has 0 spiro atoms. The number of anilines is 3. The SMILES string of the molecule is CC(=O)c1ccc(-c2ccc(N(c3ccccc3)c3ccccc3)cc2)nc1. The Morgan fingerprint density at radius 2 is 1.21 bits per heavy atom. The van der Waals surface area contributed by atoms with E-state index >= 15 is 0 Å². The van der Waals surface area contributed by atoms with Crippen molar-refractivity contribution in [3.63, 3.8) is 0 Å². The average Bonchev–Trinajstić information content (AvgIpc) is 2.76. The van der Waals surface area contributed by atoms with Crippen LogP contribution in [0.15, 0.2) is 103 Å². The number of carbonyl (C=O) groups excluding carboxylic acids is 1. The summed E-state index contributed by atoms with van der Waals surface area (Å²) >= 11 is 0. The van der Waals surface area contributed by atoms with Crippen molar-refractivity contribution < 1.29 is 4.79 Å². The van der Waals surface area contributed by atoms with Crippen LogP contribution >= 0.6 is 0 Å². The summed E-state index contributed by atoms with van der Waals surface area (Å²) in [6.07, 6.45) is 1.63. The van der Waals surface area contributed by atoms with E-state index in [0.29, 0.717) is 5.56 Å². The lowest BCUT2D eigenvalue weighted by atomic mass is 10.1. The van der Waals surface area contributed by atoms with E-state index < -0.39 is 0 Å². The van der Waals surface area contributed by atoms with Crippen LogP contribution in [0.25, 0.3) is 11.3 Å². The van der Waals surface area contributed by atoms with Crippen LogP contribution in [0.1, 0.15) is 17.3 Å². The summed E-state index contributed by atoms with van der Waals surface area (Å²) in [7, 11) is 0. The summed E-state index contributed by atoms with van der Waals surface area (Å²) in [4.78, 5) is 18.1. The van der Waals surface area contributed by atoms with Crippen LogP contribution in [0.4, 0.5) is 17.1 Å². The molecule has 0 aliphatic carbocycles. The second-order valence-corrected chi connectivity index (χ2v) is 6.54. The molecule has 3 aromatic carbocycles. The minimum atomic E-state index is 0.0239. The molecule has 1 aromatic heterocycles. The molecular formula is C25H20N2O. The number of hydrogen-bond acceptors (Lipinski definition) is 3. The Hall–Kier alpha value is -3.72. The van der Waals surface area contributed by atoms with Crippen molar-refractivity contribution in [3.05, 3.63) is 109 Å². The minimum Gasteiger partial charge on any atom is -0.311 e. The Labute approximate surface area is 164 Å². The Morgan fingerprint density at radius 3 is 1.68 bits per heavy atom.